The summed E-state index contributed by atoms with van der Waals surface area (Å²) in [5, 5.41) is 3.12. The summed E-state index contributed by atoms with van der Waals surface area (Å²) in [7, 11) is 0. The Morgan fingerprint density at radius 1 is 1.19 bits per heavy atom. The van der Waals surface area contributed by atoms with Crippen LogP contribution in [0.25, 0.3) is 0 Å². The minimum atomic E-state index is -0.0213. The molecule has 0 atom stereocenters. The topological polar surface area (TPSA) is 32.3 Å². The third kappa shape index (κ3) is 4.85. The Kier molecular flexibility index (Phi) is 5.87. The van der Waals surface area contributed by atoms with E-state index in [0.29, 0.717) is 6.42 Å². The van der Waals surface area contributed by atoms with Crippen LogP contribution in [-0.4, -0.2) is 12.5 Å². The summed E-state index contributed by atoms with van der Waals surface area (Å²) >= 11 is 7.99. The van der Waals surface area contributed by atoms with Gasteiger partial charge in [0.2, 0.25) is 5.91 Å². The van der Waals surface area contributed by atoms with E-state index in [9.17, 15) is 4.79 Å². The molecule has 1 aliphatic rings. The van der Waals surface area contributed by atoms with Crippen LogP contribution in [0.2, 0.25) is 4.34 Å². The molecule has 3 rings (SSSR count). The molecule has 0 aliphatic carbocycles. The van der Waals surface area contributed by atoms with Crippen molar-refractivity contribution in [1.29, 1.82) is 0 Å². The number of carbonyl (C=O) groups is 1. The molecule has 1 aromatic heterocycles. The fraction of sp³-hybridized carbons (Fsp3) is 0.500. The first-order chi connectivity index (χ1) is 12.6. The molecule has 146 valence electrons. The van der Waals surface area contributed by atoms with Gasteiger partial charge in [0.15, 0.2) is 0 Å². The van der Waals surface area contributed by atoms with Crippen LogP contribution < -0.4 is 10.2 Å². The van der Waals surface area contributed by atoms with Gasteiger partial charge in [0, 0.05) is 29.2 Å². The van der Waals surface area contributed by atoms with Crippen molar-refractivity contribution in [2.24, 2.45) is 5.41 Å². The summed E-state index contributed by atoms with van der Waals surface area (Å²) in [6, 6.07) is 6.46. The van der Waals surface area contributed by atoms with Gasteiger partial charge in [-0.2, -0.15) is 0 Å². The molecule has 1 aromatic carbocycles. The molecule has 3 nitrogen and oxygen atoms in total. The van der Waals surface area contributed by atoms with Crippen molar-refractivity contribution >= 4 is 45.9 Å². The van der Waals surface area contributed by atoms with Crippen molar-refractivity contribution in [3.63, 3.8) is 0 Å². The van der Waals surface area contributed by atoms with Gasteiger partial charge < -0.3 is 10.2 Å². The molecule has 2 aromatic rings. The lowest BCUT2D eigenvalue weighted by Gasteiger charge is -2.26. The molecular weight excluding hydrogens is 376 g/mol. The van der Waals surface area contributed by atoms with Gasteiger partial charge in [-0.15, -0.1) is 11.3 Å². The third-order valence-corrected chi connectivity index (χ3v) is 6.18. The van der Waals surface area contributed by atoms with Crippen molar-refractivity contribution in [3.05, 3.63) is 38.5 Å². The summed E-state index contributed by atoms with van der Waals surface area (Å²) < 4.78 is 0.853. The maximum absolute atomic E-state index is 12.4. The van der Waals surface area contributed by atoms with Crippen LogP contribution in [0.4, 0.5) is 17.1 Å². The van der Waals surface area contributed by atoms with E-state index in [0.717, 1.165) is 34.1 Å². The second-order valence-electron chi connectivity index (χ2n) is 8.71. The molecular formula is C22H29ClN2OS. The van der Waals surface area contributed by atoms with Gasteiger partial charge in [0.1, 0.15) is 0 Å². The number of hydrogen-bond donors (Lipinski definition) is 1. The van der Waals surface area contributed by atoms with Gasteiger partial charge in [-0.25, -0.2) is 0 Å². The molecule has 0 unspecified atom stereocenters. The molecule has 0 radical (unpaired) electrons. The van der Waals surface area contributed by atoms with E-state index in [1.165, 1.54) is 29.1 Å². The average molecular weight is 405 g/mol. The zero-order valence-electron chi connectivity index (χ0n) is 16.9. The van der Waals surface area contributed by atoms with Crippen LogP contribution in [0.15, 0.2) is 18.2 Å². The molecule has 2 heterocycles. The summed E-state index contributed by atoms with van der Waals surface area (Å²) in [6.45, 7) is 11.4. The molecule has 1 aliphatic heterocycles. The number of aryl methyl sites for hydroxylation is 3. The van der Waals surface area contributed by atoms with Gasteiger partial charge in [-0.3, -0.25) is 4.79 Å². The van der Waals surface area contributed by atoms with Crippen LogP contribution in [0.3, 0.4) is 0 Å². The molecule has 0 fully saturated rings. The first kappa shape index (κ1) is 20.2. The quantitative estimate of drug-likeness (QED) is 0.605. The van der Waals surface area contributed by atoms with Gasteiger partial charge in [-0.1, -0.05) is 32.4 Å². The molecule has 0 saturated carbocycles. The van der Waals surface area contributed by atoms with Gasteiger partial charge >= 0.3 is 0 Å². The second-order valence-corrected chi connectivity index (χ2v) is 10.5. The van der Waals surface area contributed by atoms with Gasteiger partial charge in [0.05, 0.1) is 10.0 Å². The molecule has 5 heteroatoms. The minimum Gasteiger partial charge on any atom is -0.341 e. The van der Waals surface area contributed by atoms with Crippen molar-refractivity contribution in [2.75, 3.05) is 16.8 Å². The maximum atomic E-state index is 12.4. The Morgan fingerprint density at radius 2 is 1.85 bits per heavy atom. The highest BCUT2D eigenvalue weighted by atomic mass is 35.5. The predicted octanol–water partition coefficient (Wildman–Crippen LogP) is 6.87. The van der Waals surface area contributed by atoms with Crippen molar-refractivity contribution < 1.29 is 4.79 Å². The number of nitrogens with one attached hydrogen (secondary N) is 1. The van der Waals surface area contributed by atoms with E-state index in [4.69, 9.17) is 11.6 Å². The monoisotopic (exact) mass is 404 g/mol. The molecule has 27 heavy (non-hydrogen) atoms. The van der Waals surface area contributed by atoms with Crippen molar-refractivity contribution in [3.8, 4) is 0 Å². The van der Waals surface area contributed by atoms with E-state index < -0.39 is 0 Å². The number of nitrogens with zero attached hydrogens (tertiary/aromatic N) is 1. The number of hydrogen-bond acceptors (Lipinski definition) is 3. The first-order valence-electron chi connectivity index (χ1n) is 9.61. The second kappa shape index (κ2) is 7.84. The number of carbonyl (C=O) groups excluding carboxylic acids is 1. The smallest absolute Gasteiger partial charge is 0.224 e. The van der Waals surface area contributed by atoms with Crippen LogP contribution in [0.1, 0.15) is 56.0 Å². The Balaban J connectivity index is 1.90. The summed E-state index contributed by atoms with van der Waals surface area (Å²) in [5.74, 6) is 0.0723. The van der Waals surface area contributed by atoms with E-state index in [-0.39, 0.29) is 11.3 Å². The summed E-state index contributed by atoms with van der Waals surface area (Å²) in [5.41, 5.74) is 5.53. The number of rotatable bonds is 3. The third-order valence-electron chi connectivity index (χ3n) is 4.87. The number of anilines is 3. The lowest BCUT2D eigenvalue weighted by molar-refractivity contribution is -0.117. The number of fused-ring (bicyclic) bond motifs is 1. The van der Waals surface area contributed by atoms with Crippen LogP contribution >= 0.6 is 22.9 Å². The van der Waals surface area contributed by atoms with Crippen LogP contribution in [0, 0.1) is 19.3 Å². The van der Waals surface area contributed by atoms with E-state index >= 15 is 0 Å². The fourth-order valence-electron chi connectivity index (χ4n) is 3.70. The Morgan fingerprint density at radius 3 is 2.48 bits per heavy atom. The first-order valence-corrected chi connectivity index (χ1v) is 10.8. The standard InChI is InChI=1S/C22H29ClN2OS/c1-14-10-16(11-15(2)21(14)24-20(26)13-22(3,4)5)25-9-7-6-8-18-17(25)12-19(23)27-18/h10-12H,6-9,13H2,1-5H3,(H,24,26). The Bertz CT molecular complexity index is 827. The van der Waals surface area contributed by atoms with Gasteiger partial charge in [0.25, 0.3) is 0 Å². The van der Waals surface area contributed by atoms with Crippen LogP contribution in [-0.2, 0) is 11.2 Å². The molecule has 0 spiro atoms. The number of benzene rings is 1. The highest BCUT2D eigenvalue weighted by Crippen LogP contribution is 2.41. The maximum Gasteiger partial charge on any atom is 0.224 e. The zero-order valence-corrected chi connectivity index (χ0v) is 18.5. The Hall–Kier alpha value is -1.52. The number of halogens is 1. The lowest BCUT2D eigenvalue weighted by Crippen LogP contribution is -2.21. The fourth-order valence-corrected chi connectivity index (χ4v) is 5.01. The SMILES string of the molecule is Cc1cc(N2CCCCc3sc(Cl)cc32)cc(C)c1NC(=O)CC(C)(C)C. The molecule has 0 bridgehead atoms. The molecule has 1 amide bonds. The lowest BCUT2D eigenvalue weighted by atomic mass is 9.92. The zero-order chi connectivity index (χ0) is 19.8. The Labute approximate surface area is 171 Å². The average Bonchev–Trinajstić information content (AvgIpc) is 2.78. The number of amides is 1. The summed E-state index contributed by atoms with van der Waals surface area (Å²) in [6.07, 6.45) is 3.97. The number of thiophene rings is 1. The molecule has 1 N–H and O–H groups in total. The highest BCUT2D eigenvalue weighted by Gasteiger charge is 2.22. The van der Waals surface area contributed by atoms with Crippen LogP contribution in [0.5, 0.6) is 0 Å². The minimum absolute atomic E-state index is 0.0213. The van der Waals surface area contributed by atoms with Gasteiger partial charge in [-0.05, 0) is 67.9 Å². The highest BCUT2D eigenvalue weighted by molar-refractivity contribution is 7.16. The van der Waals surface area contributed by atoms with E-state index in [2.05, 4.69) is 63.0 Å². The molecule has 0 saturated heterocycles. The van der Waals surface area contributed by atoms with E-state index in [1.54, 1.807) is 11.3 Å². The summed E-state index contributed by atoms with van der Waals surface area (Å²) in [4.78, 5) is 16.1. The van der Waals surface area contributed by atoms with Crippen molar-refractivity contribution in [1.82, 2.24) is 0 Å². The largest absolute Gasteiger partial charge is 0.341 e. The van der Waals surface area contributed by atoms with E-state index in [1.807, 2.05) is 0 Å². The van der Waals surface area contributed by atoms with Crippen molar-refractivity contribution in [2.45, 2.75) is 60.3 Å². The predicted molar refractivity (Wildman–Crippen MR) is 118 cm³/mol. The normalized spacial score (nSPS) is 14.7.